The van der Waals surface area contributed by atoms with Gasteiger partial charge in [0.05, 0.1) is 5.69 Å². The molecule has 1 aromatic carbocycles. The quantitative estimate of drug-likeness (QED) is 0.920. The number of nitrogens with one attached hydrogen (secondary N) is 1. The number of carbonyl (C=O) groups excluding carboxylic acids is 1. The molecule has 1 N–H and O–H groups in total. The van der Waals surface area contributed by atoms with Crippen molar-refractivity contribution >= 4 is 5.91 Å². The lowest BCUT2D eigenvalue weighted by atomic mass is 10.1. The maximum absolute atomic E-state index is 13.2. The van der Waals surface area contributed by atoms with Crippen LogP contribution in [0.4, 0.5) is 4.39 Å². The minimum absolute atomic E-state index is 0.176. The summed E-state index contributed by atoms with van der Waals surface area (Å²) >= 11 is 0. The molecular weight excluding hydrogens is 297 g/mol. The van der Waals surface area contributed by atoms with Gasteiger partial charge in [-0.1, -0.05) is 0 Å². The highest BCUT2D eigenvalue weighted by Gasteiger charge is 2.29. The Morgan fingerprint density at radius 2 is 2.30 bits per heavy atom. The van der Waals surface area contributed by atoms with Crippen LogP contribution >= 0.6 is 0 Å². The van der Waals surface area contributed by atoms with Crippen LogP contribution in [0.2, 0.25) is 0 Å². The molecule has 0 aliphatic carbocycles. The smallest absolute Gasteiger partial charge is 0.261 e. The number of nitrogens with zero attached hydrogens (tertiary/aromatic N) is 2. The fraction of sp³-hybridized carbons (Fsp3) is 0.412. The molecule has 1 unspecified atom stereocenters. The maximum atomic E-state index is 13.2. The molecule has 0 fully saturated rings. The van der Waals surface area contributed by atoms with Crippen LogP contribution in [0.25, 0.3) is 0 Å². The van der Waals surface area contributed by atoms with Crippen LogP contribution in [0.3, 0.4) is 0 Å². The number of rotatable bonds is 5. The summed E-state index contributed by atoms with van der Waals surface area (Å²) in [7, 11) is 0. The van der Waals surface area contributed by atoms with E-state index in [9.17, 15) is 9.18 Å². The summed E-state index contributed by atoms with van der Waals surface area (Å²) in [6.07, 6.45) is 2.42. The molecule has 6 heteroatoms. The second kappa shape index (κ2) is 6.40. The van der Waals surface area contributed by atoms with Crippen molar-refractivity contribution in [2.45, 2.75) is 38.8 Å². The van der Waals surface area contributed by atoms with E-state index < -0.39 is 6.10 Å². The number of halogens is 1. The van der Waals surface area contributed by atoms with Gasteiger partial charge in [0, 0.05) is 37.2 Å². The van der Waals surface area contributed by atoms with Crippen molar-refractivity contribution < 1.29 is 13.9 Å². The lowest BCUT2D eigenvalue weighted by Gasteiger charge is -2.10. The van der Waals surface area contributed by atoms with Gasteiger partial charge >= 0.3 is 0 Å². The number of hydrogen-bond acceptors (Lipinski definition) is 3. The first kappa shape index (κ1) is 15.5. The van der Waals surface area contributed by atoms with E-state index in [4.69, 9.17) is 4.74 Å². The Balaban J connectivity index is 1.49. The van der Waals surface area contributed by atoms with Gasteiger partial charge in [-0.25, -0.2) is 4.39 Å². The van der Waals surface area contributed by atoms with Gasteiger partial charge in [0.2, 0.25) is 0 Å². The predicted molar refractivity (Wildman–Crippen MR) is 83.8 cm³/mol. The third kappa shape index (κ3) is 3.52. The maximum Gasteiger partial charge on any atom is 0.261 e. The number of ether oxygens (including phenoxy) is 1. The van der Waals surface area contributed by atoms with Crippen molar-refractivity contribution in [2.75, 3.05) is 6.54 Å². The lowest BCUT2D eigenvalue weighted by Crippen LogP contribution is -2.38. The second-order valence-electron chi connectivity index (χ2n) is 5.98. The SMILES string of the molecule is CC(C)n1ccc(CCNC(=O)C2Cc3cc(F)ccc3O2)n1. The molecule has 1 atom stereocenters. The molecule has 0 radical (unpaired) electrons. The van der Waals surface area contributed by atoms with Crippen LogP contribution in [-0.4, -0.2) is 28.3 Å². The topological polar surface area (TPSA) is 56.2 Å². The van der Waals surface area contributed by atoms with Crippen molar-refractivity contribution in [3.8, 4) is 5.75 Å². The molecule has 2 aromatic rings. The molecule has 0 saturated heterocycles. The number of amides is 1. The van der Waals surface area contributed by atoms with Gasteiger partial charge in [-0.3, -0.25) is 9.48 Å². The molecule has 5 nitrogen and oxygen atoms in total. The molecule has 0 saturated carbocycles. The highest BCUT2D eigenvalue weighted by Crippen LogP contribution is 2.29. The van der Waals surface area contributed by atoms with Gasteiger partial charge in [-0.15, -0.1) is 0 Å². The van der Waals surface area contributed by atoms with Crippen molar-refractivity contribution in [3.63, 3.8) is 0 Å². The molecular formula is C17H20FN3O2. The summed E-state index contributed by atoms with van der Waals surface area (Å²) in [6, 6.07) is 6.60. The van der Waals surface area contributed by atoms with Crippen LogP contribution < -0.4 is 10.1 Å². The predicted octanol–water partition coefficient (Wildman–Crippen LogP) is 2.27. The molecule has 122 valence electrons. The van der Waals surface area contributed by atoms with Crippen LogP contribution in [0.1, 0.15) is 31.1 Å². The number of aromatic nitrogens is 2. The Kier molecular flexibility index (Phi) is 4.32. The number of benzene rings is 1. The Labute approximate surface area is 134 Å². The monoisotopic (exact) mass is 317 g/mol. The molecule has 0 bridgehead atoms. The molecule has 1 aromatic heterocycles. The average Bonchev–Trinajstić information content (AvgIpc) is 3.13. The van der Waals surface area contributed by atoms with Gasteiger partial charge in [0.1, 0.15) is 11.6 Å². The molecule has 0 spiro atoms. The zero-order chi connectivity index (χ0) is 16.4. The second-order valence-corrected chi connectivity index (χ2v) is 5.98. The average molecular weight is 317 g/mol. The Morgan fingerprint density at radius 3 is 3.04 bits per heavy atom. The summed E-state index contributed by atoms with van der Waals surface area (Å²) in [6.45, 7) is 4.63. The Morgan fingerprint density at radius 1 is 1.48 bits per heavy atom. The van der Waals surface area contributed by atoms with Gasteiger partial charge < -0.3 is 10.1 Å². The zero-order valence-electron chi connectivity index (χ0n) is 13.3. The molecule has 1 aliphatic heterocycles. The van der Waals surface area contributed by atoms with Gasteiger partial charge in [-0.05, 0) is 38.1 Å². The zero-order valence-corrected chi connectivity index (χ0v) is 13.3. The van der Waals surface area contributed by atoms with Gasteiger partial charge in [0.25, 0.3) is 5.91 Å². The summed E-state index contributed by atoms with van der Waals surface area (Å²) < 4.78 is 20.6. The first-order valence-electron chi connectivity index (χ1n) is 7.80. The van der Waals surface area contributed by atoms with Crippen LogP contribution in [0.15, 0.2) is 30.5 Å². The highest BCUT2D eigenvalue weighted by atomic mass is 19.1. The van der Waals surface area contributed by atoms with Crippen molar-refractivity contribution in [2.24, 2.45) is 0 Å². The van der Waals surface area contributed by atoms with E-state index in [1.54, 1.807) is 6.07 Å². The Bertz CT molecular complexity index is 712. The third-order valence-corrected chi connectivity index (χ3v) is 3.86. The third-order valence-electron chi connectivity index (χ3n) is 3.86. The van der Waals surface area contributed by atoms with E-state index in [-0.39, 0.29) is 11.7 Å². The lowest BCUT2D eigenvalue weighted by molar-refractivity contribution is -0.127. The minimum atomic E-state index is -0.583. The molecule has 23 heavy (non-hydrogen) atoms. The van der Waals surface area contributed by atoms with Crippen molar-refractivity contribution in [1.29, 1.82) is 0 Å². The fourth-order valence-corrected chi connectivity index (χ4v) is 2.59. The Hall–Kier alpha value is -2.37. The molecule has 2 heterocycles. The summed E-state index contributed by atoms with van der Waals surface area (Å²) in [4.78, 5) is 12.1. The molecule has 1 amide bonds. The standard InChI is InChI=1S/C17H20FN3O2/c1-11(2)21-8-6-14(20-21)5-7-19-17(22)16-10-12-9-13(18)3-4-15(12)23-16/h3-4,6,8-9,11,16H,5,7,10H2,1-2H3,(H,19,22). The molecule has 1 aliphatic rings. The van der Waals surface area contributed by atoms with Crippen molar-refractivity contribution in [1.82, 2.24) is 15.1 Å². The van der Waals surface area contributed by atoms with E-state index in [0.29, 0.717) is 31.2 Å². The van der Waals surface area contributed by atoms with Crippen LogP contribution in [0.5, 0.6) is 5.75 Å². The first-order chi connectivity index (χ1) is 11.0. The van der Waals surface area contributed by atoms with Gasteiger partial charge in [-0.2, -0.15) is 5.10 Å². The van der Waals surface area contributed by atoms with Crippen molar-refractivity contribution in [3.05, 3.63) is 47.5 Å². The summed E-state index contributed by atoms with van der Waals surface area (Å²) in [5.74, 6) is 0.0984. The largest absolute Gasteiger partial charge is 0.480 e. The number of carbonyl (C=O) groups is 1. The minimum Gasteiger partial charge on any atom is -0.480 e. The summed E-state index contributed by atoms with van der Waals surface area (Å²) in [5.41, 5.74) is 1.68. The summed E-state index contributed by atoms with van der Waals surface area (Å²) in [5, 5.41) is 7.29. The van der Waals surface area contributed by atoms with Gasteiger partial charge in [0.15, 0.2) is 6.10 Å². The van der Waals surface area contributed by atoms with E-state index in [1.807, 2.05) is 16.9 Å². The first-order valence-corrected chi connectivity index (χ1v) is 7.80. The highest BCUT2D eigenvalue weighted by molar-refractivity contribution is 5.82. The molecule has 3 rings (SSSR count). The van der Waals surface area contributed by atoms with E-state index in [1.165, 1.54) is 12.1 Å². The number of hydrogen-bond donors (Lipinski definition) is 1. The number of fused-ring (bicyclic) bond motifs is 1. The normalized spacial score (nSPS) is 16.3. The van der Waals surface area contributed by atoms with E-state index in [0.717, 1.165) is 11.3 Å². The fourth-order valence-electron chi connectivity index (χ4n) is 2.59. The van der Waals surface area contributed by atoms with E-state index >= 15 is 0 Å². The van der Waals surface area contributed by atoms with E-state index in [2.05, 4.69) is 24.3 Å². The van der Waals surface area contributed by atoms with Crippen LogP contribution in [0, 0.1) is 5.82 Å². The van der Waals surface area contributed by atoms with Crippen LogP contribution in [-0.2, 0) is 17.6 Å².